The van der Waals surface area contributed by atoms with Crippen molar-refractivity contribution in [1.29, 1.82) is 0 Å². The highest BCUT2D eigenvalue weighted by atomic mass is 16.5. The van der Waals surface area contributed by atoms with Crippen LogP contribution in [-0.4, -0.2) is 6.54 Å². The third-order valence-corrected chi connectivity index (χ3v) is 3.79. The number of rotatable bonds is 1. The first kappa shape index (κ1) is 12.1. The molecular formula is C17H19NO. The molecule has 1 atom stereocenters. The van der Waals surface area contributed by atoms with Crippen LogP contribution in [0.15, 0.2) is 36.4 Å². The highest BCUT2D eigenvalue weighted by Crippen LogP contribution is 2.36. The summed E-state index contributed by atoms with van der Waals surface area (Å²) >= 11 is 0. The molecule has 0 amide bonds. The summed E-state index contributed by atoms with van der Waals surface area (Å²) in [6.07, 6.45) is 0.0928. The molecule has 1 aliphatic rings. The van der Waals surface area contributed by atoms with Crippen molar-refractivity contribution in [2.75, 3.05) is 11.9 Å². The first-order chi connectivity index (χ1) is 9.13. The molecule has 3 rings (SSSR count). The molecule has 2 heteroatoms. The molecule has 0 spiro atoms. The molecule has 0 radical (unpaired) electrons. The molecule has 2 nitrogen and oxygen atoms in total. The highest BCUT2D eigenvalue weighted by Gasteiger charge is 2.21. The number of aryl methyl sites for hydroxylation is 3. The second-order valence-corrected chi connectivity index (χ2v) is 5.33. The van der Waals surface area contributed by atoms with Gasteiger partial charge < -0.3 is 10.1 Å². The number of benzene rings is 2. The van der Waals surface area contributed by atoms with Crippen LogP contribution in [0.3, 0.4) is 0 Å². The fourth-order valence-electron chi connectivity index (χ4n) is 2.39. The van der Waals surface area contributed by atoms with Crippen molar-refractivity contribution in [2.45, 2.75) is 26.9 Å². The van der Waals surface area contributed by atoms with E-state index in [2.05, 4.69) is 62.5 Å². The summed E-state index contributed by atoms with van der Waals surface area (Å²) in [5.74, 6) is 0.958. The topological polar surface area (TPSA) is 21.3 Å². The van der Waals surface area contributed by atoms with Gasteiger partial charge in [0.05, 0.1) is 12.2 Å². The van der Waals surface area contributed by atoms with E-state index in [1.165, 1.54) is 22.3 Å². The first-order valence-electron chi connectivity index (χ1n) is 6.72. The second kappa shape index (κ2) is 4.61. The Morgan fingerprint density at radius 1 is 1.00 bits per heavy atom. The molecule has 2 aromatic carbocycles. The van der Waals surface area contributed by atoms with E-state index in [1.807, 2.05) is 0 Å². The summed E-state index contributed by atoms with van der Waals surface area (Å²) in [4.78, 5) is 0. The van der Waals surface area contributed by atoms with Gasteiger partial charge in [-0.2, -0.15) is 0 Å². The SMILES string of the molecule is Cc1ccc(C2CNc3cc(C)c(C)cc3O2)cc1. The van der Waals surface area contributed by atoms with Gasteiger partial charge in [-0.1, -0.05) is 29.8 Å². The van der Waals surface area contributed by atoms with Crippen LogP contribution in [0.2, 0.25) is 0 Å². The number of nitrogens with one attached hydrogen (secondary N) is 1. The Kier molecular flexibility index (Phi) is 2.94. The molecule has 1 aliphatic heterocycles. The number of anilines is 1. The summed E-state index contributed by atoms with van der Waals surface area (Å²) in [7, 11) is 0. The van der Waals surface area contributed by atoms with Crippen LogP contribution < -0.4 is 10.1 Å². The van der Waals surface area contributed by atoms with Crippen LogP contribution in [0.1, 0.15) is 28.4 Å². The Balaban J connectivity index is 1.89. The van der Waals surface area contributed by atoms with Crippen LogP contribution in [0.4, 0.5) is 5.69 Å². The lowest BCUT2D eigenvalue weighted by molar-refractivity contribution is 0.210. The van der Waals surface area contributed by atoms with E-state index in [9.17, 15) is 0 Å². The van der Waals surface area contributed by atoms with Crippen molar-refractivity contribution in [1.82, 2.24) is 0 Å². The average molecular weight is 253 g/mol. The van der Waals surface area contributed by atoms with E-state index in [0.29, 0.717) is 0 Å². The van der Waals surface area contributed by atoms with Gasteiger partial charge in [0.2, 0.25) is 0 Å². The van der Waals surface area contributed by atoms with Crippen molar-refractivity contribution in [2.24, 2.45) is 0 Å². The molecule has 0 saturated heterocycles. The largest absolute Gasteiger partial charge is 0.482 e. The quantitative estimate of drug-likeness (QED) is 0.824. The monoisotopic (exact) mass is 253 g/mol. The lowest BCUT2D eigenvalue weighted by Gasteiger charge is -2.28. The second-order valence-electron chi connectivity index (χ2n) is 5.33. The molecule has 98 valence electrons. The average Bonchev–Trinajstić information content (AvgIpc) is 2.40. The zero-order valence-corrected chi connectivity index (χ0v) is 11.7. The normalized spacial score (nSPS) is 17.3. The number of hydrogen-bond acceptors (Lipinski definition) is 2. The Morgan fingerprint density at radius 3 is 2.42 bits per heavy atom. The lowest BCUT2D eigenvalue weighted by atomic mass is 10.0. The summed E-state index contributed by atoms with van der Waals surface area (Å²) in [5, 5.41) is 3.47. The van der Waals surface area contributed by atoms with Crippen molar-refractivity contribution < 1.29 is 4.74 Å². The molecule has 1 N–H and O–H groups in total. The van der Waals surface area contributed by atoms with Gasteiger partial charge in [-0.05, 0) is 49.6 Å². The predicted molar refractivity (Wildman–Crippen MR) is 79.0 cm³/mol. The van der Waals surface area contributed by atoms with Crippen molar-refractivity contribution in [3.8, 4) is 5.75 Å². The van der Waals surface area contributed by atoms with Crippen LogP contribution in [-0.2, 0) is 0 Å². The Hall–Kier alpha value is -1.96. The Labute approximate surface area is 114 Å². The van der Waals surface area contributed by atoms with Crippen molar-refractivity contribution in [3.63, 3.8) is 0 Å². The molecular weight excluding hydrogens is 234 g/mol. The summed E-state index contributed by atoms with van der Waals surface area (Å²) in [5.41, 5.74) is 6.17. The smallest absolute Gasteiger partial charge is 0.143 e. The zero-order chi connectivity index (χ0) is 13.4. The van der Waals surface area contributed by atoms with Gasteiger partial charge in [0, 0.05) is 0 Å². The molecule has 1 unspecified atom stereocenters. The van der Waals surface area contributed by atoms with Gasteiger partial charge in [0.15, 0.2) is 0 Å². The minimum absolute atomic E-state index is 0.0928. The van der Waals surface area contributed by atoms with Crippen LogP contribution >= 0.6 is 0 Å². The Morgan fingerprint density at radius 2 is 1.68 bits per heavy atom. The van der Waals surface area contributed by atoms with E-state index in [0.717, 1.165) is 18.0 Å². The highest BCUT2D eigenvalue weighted by molar-refractivity contribution is 5.61. The third-order valence-electron chi connectivity index (χ3n) is 3.79. The van der Waals surface area contributed by atoms with Crippen LogP contribution in [0.5, 0.6) is 5.75 Å². The predicted octanol–water partition coefficient (Wildman–Crippen LogP) is 4.16. The molecule has 0 bridgehead atoms. The first-order valence-corrected chi connectivity index (χ1v) is 6.72. The van der Waals surface area contributed by atoms with Gasteiger partial charge in [0.25, 0.3) is 0 Å². The van der Waals surface area contributed by atoms with Gasteiger partial charge in [-0.3, -0.25) is 0 Å². The molecule has 19 heavy (non-hydrogen) atoms. The number of ether oxygens (including phenoxy) is 1. The van der Waals surface area contributed by atoms with Gasteiger partial charge in [-0.25, -0.2) is 0 Å². The minimum Gasteiger partial charge on any atom is -0.482 e. The maximum Gasteiger partial charge on any atom is 0.143 e. The molecule has 0 fully saturated rings. The number of hydrogen-bond donors (Lipinski definition) is 1. The molecule has 0 aliphatic carbocycles. The third kappa shape index (κ3) is 2.30. The fourth-order valence-corrected chi connectivity index (χ4v) is 2.39. The number of fused-ring (bicyclic) bond motifs is 1. The molecule has 1 heterocycles. The summed E-state index contributed by atoms with van der Waals surface area (Å²) < 4.78 is 6.13. The van der Waals surface area contributed by atoms with Crippen molar-refractivity contribution >= 4 is 5.69 Å². The fraction of sp³-hybridized carbons (Fsp3) is 0.294. The maximum atomic E-state index is 6.13. The molecule has 2 aromatic rings. The van der Waals surface area contributed by atoms with E-state index in [-0.39, 0.29) is 6.10 Å². The van der Waals surface area contributed by atoms with E-state index in [1.54, 1.807) is 0 Å². The summed E-state index contributed by atoms with van der Waals surface area (Å²) in [6, 6.07) is 12.8. The minimum atomic E-state index is 0.0928. The van der Waals surface area contributed by atoms with E-state index >= 15 is 0 Å². The van der Waals surface area contributed by atoms with Crippen LogP contribution in [0.25, 0.3) is 0 Å². The maximum absolute atomic E-state index is 6.13. The van der Waals surface area contributed by atoms with E-state index in [4.69, 9.17) is 4.74 Å². The van der Waals surface area contributed by atoms with Gasteiger partial charge in [0.1, 0.15) is 11.9 Å². The standard InChI is InChI=1S/C17H19NO/c1-11-4-6-14(7-5-11)17-10-18-15-8-12(2)13(3)9-16(15)19-17/h4-9,17-18H,10H2,1-3H3. The summed E-state index contributed by atoms with van der Waals surface area (Å²) in [6.45, 7) is 7.17. The van der Waals surface area contributed by atoms with E-state index < -0.39 is 0 Å². The molecule has 0 saturated carbocycles. The molecule has 0 aromatic heterocycles. The lowest BCUT2D eigenvalue weighted by Crippen LogP contribution is -2.23. The van der Waals surface area contributed by atoms with Crippen molar-refractivity contribution in [3.05, 3.63) is 58.7 Å². The van der Waals surface area contributed by atoms with Gasteiger partial charge in [-0.15, -0.1) is 0 Å². The Bertz CT molecular complexity index is 601. The zero-order valence-electron chi connectivity index (χ0n) is 11.7. The van der Waals surface area contributed by atoms with Gasteiger partial charge >= 0.3 is 0 Å². The van der Waals surface area contributed by atoms with Crippen LogP contribution in [0, 0.1) is 20.8 Å².